The second-order valence-corrected chi connectivity index (χ2v) is 16.8. The molecule has 0 amide bonds. The van der Waals surface area contributed by atoms with E-state index in [0.717, 1.165) is 19.3 Å². The summed E-state index contributed by atoms with van der Waals surface area (Å²) in [7, 11) is 1.48. The average molecular weight is 735 g/mol. The van der Waals surface area contributed by atoms with Crippen molar-refractivity contribution in [2.24, 2.45) is 0 Å². The second kappa shape index (κ2) is 33.8. The predicted molar refractivity (Wildman–Crippen MR) is 206 cm³/mol. The number of likely N-dealkylation sites (N-methyl/N-ethyl adjacent to an activating group) is 1. The number of esters is 2. The monoisotopic (exact) mass is 735 g/mol. The molecular formula is C40H81NO8P+. The lowest BCUT2D eigenvalue weighted by atomic mass is 10.0. The van der Waals surface area contributed by atoms with Crippen LogP contribution in [0.2, 0.25) is 0 Å². The molecular weight excluding hydrogens is 653 g/mol. The van der Waals surface area contributed by atoms with E-state index in [-0.39, 0.29) is 26.1 Å². The lowest BCUT2D eigenvalue weighted by Crippen LogP contribution is -2.37. The van der Waals surface area contributed by atoms with Crippen LogP contribution in [-0.4, -0.2) is 74.9 Å². The number of carbonyl (C=O) groups is 2. The quantitative estimate of drug-likeness (QED) is 0.0289. The number of hydrogen-bond donors (Lipinski definition) is 1. The standard InChI is InChI=1S/C40H80NO8P/c1-6-8-10-11-12-13-14-15-16-17-18-19-20-21-22-23-24-25-26-27-28-29-30-31-33-40(43)49-38(36-46-39(42)32-9-7-2)37-48-50(44,45)47-35-34-41(3,4)5/h38H,6-37H2,1-5H3/p+1. The van der Waals surface area contributed by atoms with E-state index in [2.05, 4.69) is 6.92 Å². The summed E-state index contributed by atoms with van der Waals surface area (Å²) in [5, 5.41) is 0. The minimum atomic E-state index is -4.34. The number of ether oxygens (including phenoxy) is 2. The maximum absolute atomic E-state index is 12.5. The molecule has 2 atom stereocenters. The van der Waals surface area contributed by atoms with Gasteiger partial charge in [-0.3, -0.25) is 18.6 Å². The van der Waals surface area contributed by atoms with E-state index in [1.807, 2.05) is 28.1 Å². The highest BCUT2D eigenvalue weighted by Gasteiger charge is 2.27. The second-order valence-electron chi connectivity index (χ2n) is 15.4. The fourth-order valence-corrected chi connectivity index (χ4v) is 6.56. The van der Waals surface area contributed by atoms with Crippen LogP contribution in [0.3, 0.4) is 0 Å². The largest absolute Gasteiger partial charge is 0.472 e. The number of rotatable bonds is 38. The van der Waals surface area contributed by atoms with Crippen LogP contribution in [0.4, 0.5) is 0 Å². The Labute approximate surface area is 308 Å². The van der Waals surface area contributed by atoms with Crippen LogP contribution >= 0.6 is 7.82 Å². The summed E-state index contributed by atoms with van der Waals surface area (Å²) in [4.78, 5) is 34.5. The molecule has 0 saturated carbocycles. The van der Waals surface area contributed by atoms with E-state index in [4.69, 9.17) is 18.5 Å². The molecule has 0 bridgehead atoms. The van der Waals surface area contributed by atoms with Gasteiger partial charge >= 0.3 is 19.8 Å². The lowest BCUT2D eigenvalue weighted by Gasteiger charge is -2.24. The third kappa shape index (κ3) is 36.8. The zero-order valence-corrected chi connectivity index (χ0v) is 34.3. The maximum Gasteiger partial charge on any atom is 0.472 e. The van der Waals surface area contributed by atoms with Crippen LogP contribution in [0.15, 0.2) is 0 Å². The first-order valence-electron chi connectivity index (χ1n) is 20.8. The van der Waals surface area contributed by atoms with Gasteiger partial charge in [0.25, 0.3) is 0 Å². The number of carbonyl (C=O) groups excluding carboxylic acids is 2. The highest BCUT2D eigenvalue weighted by atomic mass is 31.2. The van der Waals surface area contributed by atoms with Crippen molar-refractivity contribution in [3.8, 4) is 0 Å². The molecule has 2 unspecified atom stereocenters. The minimum Gasteiger partial charge on any atom is -0.462 e. The Hall–Kier alpha value is -0.990. The number of quaternary nitrogens is 1. The van der Waals surface area contributed by atoms with Crippen molar-refractivity contribution < 1.29 is 42.1 Å². The smallest absolute Gasteiger partial charge is 0.462 e. The number of nitrogens with zero attached hydrogens (tertiary/aromatic N) is 1. The summed E-state index contributed by atoms with van der Waals surface area (Å²) in [6.45, 7) is 4.18. The first kappa shape index (κ1) is 49.0. The number of phosphoric ester groups is 1. The summed E-state index contributed by atoms with van der Waals surface area (Å²) >= 11 is 0. The van der Waals surface area contributed by atoms with Gasteiger partial charge in [0, 0.05) is 12.8 Å². The van der Waals surface area contributed by atoms with Gasteiger partial charge in [0.05, 0.1) is 27.7 Å². The molecule has 0 saturated heterocycles. The molecule has 0 aliphatic carbocycles. The molecule has 0 heterocycles. The number of hydrogen-bond acceptors (Lipinski definition) is 7. The zero-order valence-electron chi connectivity index (χ0n) is 33.4. The van der Waals surface area contributed by atoms with Gasteiger partial charge in [0.2, 0.25) is 0 Å². The van der Waals surface area contributed by atoms with Crippen LogP contribution in [0.1, 0.15) is 194 Å². The number of phosphoric acid groups is 1. The molecule has 1 N–H and O–H groups in total. The van der Waals surface area contributed by atoms with E-state index < -0.39 is 32.5 Å². The summed E-state index contributed by atoms with van der Waals surface area (Å²) in [6, 6.07) is 0. The third-order valence-electron chi connectivity index (χ3n) is 9.14. The molecule has 0 spiro atoms. The third-order valence-corrected chi connectivity index (χ3v) is 10.1. The minimum absolute atomic E-state index is 0.0350. The SMILES string of the molecule is CCCCCCCCCCCCCCCCCCCCCCCCCCC(=O)OC(COC(=O)CCCC)COP(=O)(O)OCC[N+](C)(C)C. The predicted octanol–water partition coefficient (Wildman–Crippen LogP) is 11.2. The maximum atomic E-state index is 12.5. The Bertz CT molecular complexity index is 835. The van der Waals surface area contributed by atoms with E-state index >= 15 is 0 Å². The topological polar surface area (TPSA) is 108 Å². The molecule has 0 radical (unpaired) electrons. The Morgan fingerprint density at radius 3 is 1.32 bits per heavy atom. The van der Waals surface area contributed by atoms with Crippen molar-refractivity contribution >= 4 is 19.8 Å². The molecule has 50 heavy (non-hydrogen) atoms. The summed E-state index contributed by atoms with van der Waals surface area (Å²) in [5.74, 6) is -0.829. The first-order valence-corrected chi connectivity index (χ1v) is 22.3. The molecule has 10 heteroatoms. The van der Waals surface area contributed by atoms with Crippen molar-refractivity contribution in [3.63, 3.8) is 0 Å². The Morgan fingerprint density at radius 2 is 0.920 bits per heavy atom. The highest BCUT2D eigenvalue weighted by molar-refractivity contribution is 7.47. The molecule has 0 aromatic heterocycles. The summed E-state index contributed by atoms with van der Waals surface area (Å²) in [6.07, 6.45) is 32.8. The molecule has 0 fully saturated rings. The Morgan fingerprint density at radius 1 is 0.540 bits per heavy atom. The van der Waals surface area contributed by atoms with Gasteiger partial charge in [0.15, 0.2) is 6.10 Å². The average Bonchev–Trinajstić information content (AvgIpc) is 3.06. The zero-order chi connectivity index (χ0) is 37.2. The molecule has 0 aromatic rings. The van der Waals surface area contributed by atoms with E-state index in [9.17, 15) is 19.0 Å². The van der Waals surface area contributed by atoms with Crippen molar-refractivity contribution in [1.29, 1.82) is 0 Å². The van der Waals surface area contributed by atoms with Crippen molar-refractivity contribution in [1.82, 2.24) is 0 Å². The molecule has 0 rings (SSSR count). The molecule has 0 aliphatic heterocycles. The van der Waals surface area contributed by atoms with Gasteiger partial charge in [-0.25, -0.2) is 4.57 Å². The Balaban J connectivity index is 3.88. The van der Waals surface area contributed by atoms with Crippen molar-refractivity contribution in [3.05, 3.63) is 0 Å². The lowest BCUT2D eigenvalue weighted by molar-refractivity contribution is -0.870. The van der Waals surface area contributed by atoms with E-state index in [1.165, 1.54) is 135 Å². The van der Waals surface area contributed by atoms with Crippen LogP contribution in [0.25, 0.3) is 0 Å². The molecule has 9 nitrogen and oxygen atoms in total. The van der Waals surface area contributed by atoms with Crippen LogP contribution in [-0.2, 0) is 32.7 Å². The summed E-state index contributed by atoms with van der Waals surface area (Å²) < 4.78 is 33.7. The fraction of sp³-hybridized carbons (Fsp3) is 0.950. The van der Waals surface area contributed by atoms with Gasteiger partial charge < -0.3 is 18.9 Å². The fourth-order valence-electron chi connectivity index (χ4n) is 5.82. The normalized spacial score (nSPS) is 13.6. The molecule has 0 aromatic carbocycles. The molecule has 298 valence electrons. The van der Waals surface area contributed by atoms with Crippen molar-refractivity contribution in [2.75, 3.05) is 47.5 Å². The van der Waals surface area contributed by atoms with Gasteiger partial charge in [-0.1, -0.05) is 168 Å². The highest BCUT2D eigenvalue weighted by Crippen LogP contribution is 2.43. The van der Waals surface area contributed by atoms with Crippen LogP contribution in [0, 0.1) is 0 Å². The number of unbranched alkanes of at least 4 members (excludes halogenated alkanes) is 24. The van der Waals surface area contributed by atoms with E-state index in [0.29, 0.717) is 23.9 Å². The van der Waals surface area contributed by atoms with Gasteiger partial charge in [-0.2, -0.15) is 0 Å². The van der Waals surface area contributed by atoms with Crippen molar-refractivity contribution in [2.45, 2.75) is 200 Å². The van der Waals surface area contributed by atoms with Gasteiger partial charge in [-0.05, 0) is 12.8 Å². The molecule has 0 aliphatic rings. The van der Waals surface area contributed by atoms with Gasteiger partial charge in [0.1, 0.15) is 19.8 Å². The summed E-state index contributed by atoms with van der Waals surface area (Å²) in [5.41, 5.74) is 0. The first-order chi connectivity index (χ1) is 24.0. The van der Waals surface area contributed by atoms with E-state index in [1.54, 1.807) is 0 Å². The van der Waals surface area contributed by atoms with Crippen LogP contribution < -0.4 is 0 Å². The van der Waals surface area contributed by atoms with Crippen LogP contribution in [0.5, 0.6) is 0 Å². The Kier molecular flexibility index (Phi) is 33.2. The van der Waals surface area contributed by atoms with Gasteiger partial charge in [-0.15, -0.1) is 0 Å².